The van der Waals surface area contributed by atoms with Crippen molar-refractivity contribution in [2.45, 2.75) is 0 Å². The Kier molecular flexibility index (Phi) is 2.49. The van der Waals surface area contributed by atoms with Gasteiger partial charge >= 0.3 is 0 Å². The number of aromatic amines is 1. The highest BCUT2D eigenvalue weighted by Crippen LogP contribution is 2.31. The monoisotopic (exact) mass is 237 g/mol. The van der Waals surface area contributed by atoms with Crippen LogP contribution in [0.2, 0.25) is 0 Å². The van der Waals surface area contributed by atoms with Gasteiger partial charge in [0.15, 0.2) is 0 Å². The molecular weight excluding hydrogens is 228 g/mol. The van der Waals surface area contributed by atoms with E-state index in [1.165, 1.54) is 0 Å². The Morgan fingerprint density at radius 1 is 1.17 bits per heavy atom. The summed E-state index contributed by atoms with van der Waals surface area (Å²) < 4.78 is 0. The van der Waals surface area contributed by atoms with Crippen LogP contribution < -0.4 is 0 Å². The second-order valence-corrected chi connectivity index (χ2v) is 3.77. The molecule has 0 aliphatic heterocycles. The predicted molar refractivity (Wildman–Crippen MR) is 65.6 cm³/mol. The van der Waals surface area contributed by atoms with E-state index in [2.05, 4.69) is 26.6 Å². The van der Waals surface area contributed by atoms with Crippen molar-refractivity contribution in [2.24, 2.45) is 0 Å². The lowest BCUT2D eigenvalue weighted by Crippen LogP contribution is -1.87. The fourth-order valence-corrected chi connectivity index (χ4v) is 1.75. The van der Waals surface area contributed by atoms with Crippen molar-refractivity contribution in [1.29, 1.82) is 0 Å². The number of aromatic nitrogens is 4. The molecular formula is C13H9N4O. The van der Waals surface area contributed by atoms with Crippen molar-refractivity contribution in [1.82, 2.24) is 20.4 Å². The molecule has 0 unspecified atom stereocenters. The van der Waals surface area contributed by atoms with Crippen LogP contribution in [0.25, 0.3) is 22.4 Å². The first-order chi connectivity index (χ1) is 8.84. The van der Waals surface area contributed by atoms with E-state index in [0.717, 1.165) is 11.1 Å². The number of benzene rings is 1. The minimum absolute atomic E-state index is 0.161. The number of phenols is 1. The van der Waals surface area contributed by atoms with Crippen molar-refractivity contribution in [3.63, 3.8) is 0 Å². The molecule has 3 rings (SSSR count). The number of phenolic OH excluding ortho intramolecular Hbond substituents is 1. The van der Waals surface area contributed by atoms with Gasteiger partial charge < -0.3 is 5.11 Å². The van der Waals surface area contributed by atoms with E-state index in [4.69, 9.17) is 0 Å². The maximum Gasteiger partial charge on any atom is 0.125 e. The molecule has 87 valence electrons. The summed E-state index contributed by atoms with van der Waals surface area (Å²) in [6.45, 7) is 0. The van der Waals surface area contributed by atoms with Crippen molar-refractivity contribution >= 4 is 0 Å². The fraction of sp³-hybridized carbons (Fsp3) is 0. The van der Waals surface area contributed by atoms with Crippen molar-refractivity contribution < 1.29 is 5.11 Å². The molecule has 1 radical (unpaired) electrons. The minimum Gasteiger partial charge on any atom is -0.507 e. The molecule has 0 spiro atoms. The zero-order chi connectivity index (χ0) is 12.4. The molecule has 0 fully saturated rings. The molecule has 0 amide bonds. The van der Waals surface area contributed by atoms with Crippen molar-refractivity contribution in [3.8, 4) is 28.1 Å². The Morgan fingerprint density at radius 3 is 2.78 bits per heavy atom. The molecule has 5 heteroatoms. The molecule has 0 aliphatic rings. The van der Waals surface area contributed by atoms with Crippen LogP contribution in [0.4, 0.5) is 0 Å². The van der Waals surface area contributed by atoms with Gasteiger partial charge in [-0.3, -0.25) is 5.10 Å². The lowest BCUT2D eigenvalue weighted by Gasteiger charge is -2.05. The van der Waals surface area contributed by atoms with Crippen LogP contribution in [0.5, 0.6) is 5.75 Å². The zero-order valence-electron chi connectivity index (χ0n) is 9.33. The molecule has 0 saturated carbocycles. The van der Waals surface area contributed by atoms with Gasteiger partial charge in [-0.1, -0.05) is 6.07 Å². The third-order valence-corrected chi connectivity index (χ3v) is 2.64. The molecule has 0 bridgehead atoms. The maximum absolute atomic E-state index is 10.0. The largest absolute Gasteiger partial charge is 0.507 e. The number of aromatic hydroxyl groups is 1. The van der Waals surface area contributed by atoms with E-state index >= 15 is 0 Å². The van der Waals surface area contributed by atoms with Crippen LogP contribution in [-0.2, 0) is 0 Å². The van der Waals surface area contributed by atoms with E-state index in [0.29, 0.717) is 11.3 Å². The molecule has 2 aromatic heterocycles. The fourth-order valence-electron chi connectivity index (χ4n) is 1.75. The molecule has 2 heterocycles. The summed E-state index contributed by atoms with van der Waals surface area (Å²) in [5, 5.41) is 24.2. The van der Waals surface area contributed by atoms with Gasteiger partial charge in [-0.15, -0.1) is 10.2 Å². The molecule has 18 heavy (non-hydrogen) atoms. The molecule has 0 aliphatic carbocycles. The van der Waals surface area contributed by atoms with Gasteiger partial charge in [0.2, 0.25) is 0 Å². The predicted octanol–water partition coefficient (Wildman–Crippen LogP) is 2.04. The van der Waals surface area contributed by atoms with Crippen LogP contribution >= 0.6 is 0 Å². The molecule has 5 nitrogen and oxygen atoms in total. The van der Waals surface area contributed by atoms with E-state index in [1.54, 1.807) is 30.6 Å². The van der Waals surface area contributed by atoms with Gasteiger partial charge in [0.1, 0.15) is 11.9 Å². The SMILES string of the molecule is Oc1cc(-c2cn[nH]c2)ccc1-c1cc[c]nn1. The highest BCUT2D eigenvalue weighted by atomic mass is 16.3. The van der Waals surface area contributed by atoms with Gasteiger partial charge in [-0.25, -0.2) is 0 Å². The van der Waals surface area contributed by atoms with E-state index < -0.39 is 0 Å². The standard InChI is InChI=1S/C13H9N4O/c18-13-6-9(10-7-15-16-8-10)3-4-11(13)12-2-1-5-14-17-12/h1-4,6-8,18H,(H,15,16). The Morgan fingerprint density at radius 2 is 2.11 bits per heavy atom. The van der Waals surface area contributed by atoms with Crippen molar-refractivity contribution in [2.75, 3.05) is 0 Å². The van der Waals surface area contributed by atoms with Crippen LogP contribution in [0, 0.1) is 6.20 Å². The molecule has 1 aromatic carbocycles. The van der Waals surface area contributed by atoms with Crippen LogP contribution in [-0.4, -0.2) is 25.5 Å². The average Bonchev–Trinajstić information content (AvgIpc) is 2.93. The highest BCUT2D eigenvalue weighted by Gasteiger charge is 2.08. The zero-order valence-corrected chi connectivity index (χ0v) is 9.33. The first kappa shape index (κ1) is 10.5. The molecule has 3 aromatic rings. The Balaban J connectivity index is 2.05. The molecule has 0 saturated heterocycles. The van der Waals surface area contributed by atoms with E-state index in [1.807, 2.05) is 12.1 Å². The highest BCUT2D eigenvalue weighted by molar-refractivity contribution is 5.73. The Hall–Kier alpha value is -2.69. The Bertz CT molecular complexity index is 650. The summed E-state index contributed by atoms with van der Waals surface area (Å²) in [7, 11) is 0. The number of H-pyrrole nitrogens is 1. The summed E-state index contributed by atoms with van der Waals surface area (Å²) in [4.78, 5) is 0. The Labute approximate surface area is 103 Å². The van der Waals surface area contributed by atoms with Crippen molar-refractivity contribution in [3.05, 3.63) is 48.9 Å². The quantitative estimate of drug-likeness (QED) is 0.715. The lowest BCUT2D eigenvalue weighted by atomic mass is 10.0. The van der Waals surface area contributed by atoms with Crippen LogP contribution in [0.1, 0.15) is 0 Å². The summed E-state index contributed by atoms with van der Waals surface area (Å²) >= 11 is 0. The van der Waals surface area contributed by atoms with Gasteiger partial charge in [-0.05, 0) is 29.8 Å². The van der Waals surface area contributed by atoms with Gasteiger partial charge in [0, 0.05) is 17.3 Å². The maximum atomic E-state index is 10.0. The third kappa shape index (κ3) is 1.82. The molecule has 2 N–H and O–H groups in total. The van der Waals surface area contributed by atoms with E-state index in [-0.39, 0.29) is 5.75 Å². The van der Waals surface area contributed by atoms with Crippen LogP contribution in [0.3, 0.4) is 0 Å². The number of nitrogens with one attached hydrogen (secondary N) is 1. The summed E-state index contributed by atoms with van der Waals surface area (Å²) in [5.41, 5.74) is 3.07. The van der Waals surface area contributed by atoms with Gasteiger partial charge in [-0.2, -0.15) is 5.10 Å². The van der Waals surface area contributed by atoms with Gasteiger partial charge in [0.05, 0.1) is 11.9 Å². The summed E-state index contributed by atoms with van der Waals surface area (Å²) in [6, 6.07) is 8.80. The number of rotatable bonds is 2. The number of hydrogen-bond acceptors (Lipinski definition) is 4. The van der Waals surface area contributed by atoms with E-state index in [9.17, 15) is 5.11 Å². The topological polar surface area (TPSA) is 74.7 Å². The minimum atomic E-state index is 0.161. The second-order valence-electron chi connectivity index (χ2n) is 3.77. The average molecular weight is 237 g/mol. The first-order valence-corrected chi connectivity index (χ1v) is 5.37. The lowest BCUT2D eigenvalue weighted by molar-refractivity contribution is 0.477. The summed E-state index contributed by atoms with van der Waals surface area (Å²) in [5.74, 6) is 0.161. The number of hydrogen-bond donors (Lipinski definition) is 2. The second kappa shape index (κ2) is 4.29. The van der Waals surface area contributed by atoms with Gasteiger partial charge in [0.25, 0.3) is 0 Å². The normalized spacial score (nSPS) is 10.4. The summed E-state index contributed by atoms with van der Waals surface area (Å²) in [6.07, 6.45) is 6.07. The molecule has 0 atom stereocenters. The third-order valence-electron chi connectivity index (χ3n) is 2.64. The smallest absolute Gasteiger partial charge is 0.125 e. The first-order valence-electron chi connectivity index (χ1n) is 5.37. The number of nitrogens with zero attached hydrogens (tertiary/aromatic N) is 3. The van der Waals surface area contributed by atoms with Crippen LogP contribution in [0.15, 0.2) is 42.7 Å².